The Balaban J connectivity index is 3.21. The third-order valence-electron chi connectivity index (χ3n) is 2.53. The van der Waals surface area contributed by atoms with Gasteiger partial charge in [-0.25, -0.2) is 9.18 Å². The highest BCUT2D eigenvalue weighted by molar-refractivity contribution is 5.82. The third kappa shape index (κ3) is 2.57. The molecule has 0 N–H and O–H groups in total. The van der Waals surface area contributed by atoms with Crippen molar-refractivity contribution in [3.05, 3.63) is 29.6 Å². The zero-order valence-electron chi connectivity index (χ0n) is 9.78. The lowest BCUT2D eigenvalue weighted by atomic mass is 9.84. The second-order valence-electron chi connectivity index (χ2n) is 3.99. The number of carbonyl (C=O) groups is 1. The number of ether oxygens (including phenoxy) is 1. The molecule has 0 heterocycles. The highest BCUT2D eigenvalue weighted by Gasteiger charge is 2.31. The van der Waals surface area contributed by atoms with Crippen LogP contribution in [-0.4, -0.2) is 19.2 Å². The van der Waals surface area contributed by atoms with Crippen molar-refractivity contribution in [2.75, 3.05) is 7.11 Å². The third-order valence-corrected chi connectivity index (χ3v) is 2.53. The molecular formula is C12H12FNO3. The Morgan fingerprint density at radius 3 is 2.59 bits per heavy atom. The normalized spacial score (nSPS) is 10.6. The summed E-state index contributed by atoms with van der Waals surface area (Å²) in [7, 11) is 1.27. The quantitative estimate of drug-likeness (QED) is 0.460. The summed E-state index contributed by atoms with van der Waals surface area (Å²) >= 11 is 0. The van der Waals surface area contributed by atoms with Crippen molar-refractivity contribution in [2.24, 2.45) is 4.99 Å². The summed E-state index contributed by atoms with van der Waals surface area (Å²) in [6.45, 7) is 3.24. The molecule has 17 heavy (non-hydrogen) atoms. The minimum atomic E-state index is -0.959. The number of isocyanates is 1. The fraction of sp³-hybridized carbons (Fsp3) is 0.333. The second kappa shape index (κ2) is 4.89. The minimum absolute atomic E-state index is 0.107. The Bertz CT molecular complexity index is 491. The van der Waals surface area contributed by atoms with Gasteiger partial charge in [-0.3, -0.25) is 4.79 Å². The van der Waals surface area contributed by atoms with E-state index in [-0.39, 0.29) is 5.69 Å². The number of benzene rings is 1. The molecule has 4 nitrogen and oxygen atoms in total. The molecule has 0 fully saturated rings. The van der Waals surface area contributed by atoms with Gasteiger partial charge in [0.05, 0.1) is 12.5 Å². The van der Waals surface area contributed by atoms with Crippen LogP contribution >= 0.6 is 0 Å². The molecule has 0 unspecified atom stereocenters. The van der Waals surface area contributed by atoms with Crippen molar-refractivity contribution in [1.82, 2.24) is 0 Å². The zero-order valence-corrected chi connectivity index (χ0v) is 9.78. The van der Waals surface area contributed by atoms with Gasteiger partial charge in [0.2, 0.25) is 6.08 Å². The van der Waals surface area contributed by atoms with Crippen LogP contribution in [0.25, 0.3) is 0 Å². The van der Waals surface area contributed by atoms with Gasteiger partial charge in [0.1, 0.15) is 11.5 Å². The lowest BCUT2D eigenvalue weighted by Crippen LogP contribution is -2.30. The maximum absolute atomic E-state index is 13.5. The average molecular weight is 237 g/mol. The van der Waals surface area contributed by atoms with E-state index in [0.29, 0.717) is 5.56 Å². The molecule has 90 valence electrons. The van der Waals surface area contributed by atoms with Gasteiger partial charge in [0, 0.05) is 0 Å². The molecule has 0 atom stereocenters. The molecule has 0 radical (unpaired) electrons. The molecule has 0 saturated carbocycles. The van der Waals surface area contributed by atoms with Gasteiger partial charge in [-0.2, -0.15) is 4.99 Å². The number of methoxy groups -OCH3 is 1. The number of esters is 1. The van der Waals surface area contributed by atoms with Crippen LogP contribution in [0.15, 0.2) is 23.2 Å². The molecule has 0 aromatic heterocycles. The molecule has 0 spiro atoms. The van der Waals surface area contributed by atoms with Crippen LogP contribution in [0.5, 0.6) is 0 Å². The Morgan fingerprint density at radius 1 is 1.47 bits per heavy atom. The monoisotopic (exact) mass is 237 g/mol. The van der Waals surface area contributed by atoms with Gasteiger partial charge < -0.3 is 4.74 Å². The lowest BCUT2D eigenvalue weighted by molar-refractivity contribution is -0.146. The Hall–Kier alpha value is -2.00. The van der Waals surface area contributed by atoms with E-state index in [4.69, 9.17) is 0 Å². The van der Waals surface area contributed by atoms with Gasteiger partial charge in [-0.1, -0.05) is 6.07 Å². The van der Waals surface area contributed by atoms with E-state index < -0.39 is 17.2 Å². The van der Waals surface area contributed by atoms with E-state index in [1.165, 1.54) is 25.3 Å². The topological polar surface area (TPSA) is 55.7 Å². The van der Waals surface area contributed by atoms with E-state index in [9.17, 15) is 14.0 Å². The van der Waals surface area contributed by atoms with Crippen LogP contribution in [0.1, 0.15) is 19.4 Å². The molecule has 0 aliphatic heterocycles. The molecule has 0 aliphatic rings. The summed E-state index contributed by atoms with van der Waals surface area (Å²) in [6, 6.07) is 4.00. The van der Waals surface area contributed by atoms with Crippen molar-refractivity contribution in [2.45, 2.75) is 19.3 Å². The highest BCUT2D eigenvalue weighted by atomic mass is 19.1. The van der Waals surface area contributed by atoms with E-state index in [0.717, 1.165) is 6.07 Å². The number of nitrogens with zero attached hydrogens (tertiary/aromatic N) is 1. The van der Waals surface area contributed by atoms with E-state index in [1.807, 2.05) is 0 Å². The largest absolute Gasteiger partial charge is 0.468 e. The molecule has 0 saturated heterocycles. The van der Waals surface area contributed by atoms with Crippen LogP contribution in [-0.2, 0) is 19.7 Å². The number of aliphatic imine (C=N–C) groups is 1. The second-order valence-corrected chi connectivity index (χ2v) is 3.99. The molecule has 0 amide bonds. The lowest BCUT2D eigenvalue weighted by Gasteiger charge is -2.22. The first-order valence-electron chi connectivity index (χ1n) is 4.89. The highest BCUT2D eigenvalue weighted by Crippen LogP contribution is 2.28. The first kappa shape index (κ1) is 13.1. The number of rotatable bonds is 3. The number of hydrogen-bond acceptors (Lipinski definition) is 4. The van der Waals surface area contributed by atoms with Crippen molar-refractivity contribution < 1.29 is 18.7 Å². The number of hydrogen-bond donors (Lipinski definition) is 0. The molecule has 1 aromatic carbocycles. The van der Waals surface area contributed by atoms with Crippen molar-refractivity contribution in [3.8, 4) is 0 Å². The number of halogens is 1. The fourth-order valence-electron chi connectivity index (χ4n) is 1.41. The predicted molar refractivity (Wildman–Crippen MR) is 59.2 cm³/mol. The fourth-order valence-corrected chi connectivity index (χ4v) is 1.41. The SMILES string of the molecule is COC(=O)C(C)(C)c1ccc(N=C=O)c(F)c1. The Kier molecular flexibility index (Phi) is 3.76. The van der Waals surface area contributed by atoms with Gasteiger partial charge >= 0.3 is 5.97 Å². The smallest absolute Gasteiger partial charge is 0.315 e. The molecule has 0 bridgehead atoms. The van der Waals surface area contributed by atoms with Crippen molar-refractivity contribution in [3.63, 3.8) is 0 Å². The summed E-state index contributed by atoms with van der Waals surface area (Å²) in [5, 5.41) is 0. The predicted octanol–water partition coefficient (Wildman–Crippen LogP) is 2.24. The van der Waals surface area contributed by atoms with Gasteiger partial charge in [-0.15, -0.1) is 0 Å². The van der Waals surface area contributed by atoms with Crippen LogP contribution in [0, 0.1) is 5.82 Å². The van der Waals surface area contributed by atoms with Crippen LogP contribution < -0.4 is 0 Å². The van der Waals surface area contributed by atoms with Gasteiger partial charge in [-0.05, 0) is 31.5 Å². The first-order valence-corrected chi connectivity index (χ1v) is 4.89. The van der Waals surface area contributed by atoms with Crippen molar-refractivity contribution >= 4 is 17.7 Å². The average Bonchev–Trinajstić information content (AvgIpc) is 2.30. The summed E-state index contributed by atoms with van der Waals surface area (Å²) in [6.07, 6.45) is 1.26. The Labute approximate surface area is 98.1 Å². The zero-order chi connectivity index (χ0) is 13.1. The maximum Gasteiger partial charge on any atom is 0.315 e. The van der Waals surface area contributed by atoms with Crippen molar-refractivity contribution in [1.29, 1.82) is 0 Å². The molecule has 5 heteroatoms. The summed E-state index contributed by atoms with van der Waals surface area (Å²) < 4.78 is 18.1. The summed E-state index contributed by atoms with van der Waals surface area (Å²) in [4.78, 5) is 24.8. The first-order chi connectivity index (χ1) is 7.93. The molecular weight excluding hydrogens is 225 g/mol. The van der Waals surface area contributed by atoms with Gasteiger partial charge in [0.25, 0.3) is 0 Å². The van der Waals surface area contributed by atoms with Crippen LogP contribution in [0.3, 0.4) is 0 Å². The van der Waals surface area contributed by atoms with E-state index in [1.54, 1.807) is 13.8 Å². The molecule has 0 aliphatic carbocycles. The molecule has 1 rings (SSSR count). The molecule has 1 aromatic rings. The summed E-state index contributed by atoms with van der Waals surface area (Å²) in [5.74, 6) is -1.15. The standard InChI is InChI=1S/C12H12FNO3/c1-12(2,11(16)17-3)8-4-5-10(14-7-15)9(13)6-8/h4-6H,1-3H3. The van der Waals surface area contributed by atoms with Crippen LogP contribution in [0.2, 0.25) is 0 Å². The minimum Gasteiger partial charge on any atom is -0.468 e. The van der Waals surface area contributed by atoms with Gasteiger partial charge in [0.15, 0.2) is 0 Å². The van der Waals surface area contributed by atoms with Crippen LogP contribution in [0.4, 0.5) is 10.1 Å². The van der Waals surface area contributed by atoms with E-state index in [2.05, 4.69) is 9.73 Å². The summed E-state index contributed by atoms with van der Waals surface area (Å²) in [5.41, 5.74) is -0.616. The van der Waals surface area contributed by atoms with E-state index >= 15 is 0 Å². The number of carbonyl (C=O) groups excluding carboxylic acids is 2. The Morgan fingerprint density at radius 2 is 2.12 bits per heavy atom. The maximum atomic E-state index is 13.5.